The molecule has 0 unspecified atom stereocenters. The highest BCUT2D eigenvalue weighted by molar-refractivity contribution is 6.03. The zero-order chi connectivity index (χ0) is 10.1. The normalized spacial score (nSPS) is 10.4. The van der Waals surface area contributed by atoms with Gasteiger partial charge in [-0.3, -0.25) is 4.98 Å². The molecule has 3 nitrogen and oxygen atoms in total. The molecule has 0 bridgehead atoms. The monoisotopic (exact) mass is 187 g/mol. The van der Waals surface area contributed by atoms with E-state index in [9.17, 15) is 4.79 Å². The van der Waals surface area contributed by atoms with Gasteiger partial charge in [-0.15, -0.1) is 0 Å². The predicted octanol–water partition coefficient (Wildman–Crippen LogP) is 2.24. The van der Waals surface area contributed by atoms with Gasteiger partial charge in [-0.2, -0.15) is 0 Å². The molecule has 0 atom stereocenters. The third-order valence-corrected chi connectivity index (χ3v) is 2.22. The molecule has 1 heterocycles. The highest BCUT2D eigenvalue weighted by Crippen LogP contribution is 2.19. The number of hydrogen-bond acceptors (Lipinski definition) is 2. The molecule has 70 valence electrons. The minimum Gasteiger partial charge on any atom is -0.478 e. The smallest absolute Gasteiger partial charge is 0.337 e. The largest absolute Gasteiger partial charge is 0.478 e. The number of benzene rings is 1. The summed E-state index contributed by atoms with van der Waals surface area (Å²) < 4.78 is 0. The number of nitrogens with zero attached hydrogens (tertiary/aromatic N) is 1. The van der Waals surface area contributed by atoms with Gasteiger partial charge in [0.05, 0.1) is 5.56 Å². The number of carboxylic acid groups (broad SMARTS) is 1. The van der Waals surface area contributed by atoms with Crippen LogP contribution in [-0.2, 0) is 0 Å². The van der Waals surface area contributed by atoms with Crippen molar-refractivity contribution >= 4 is 16.7 Å². The van der Waals surface area contributed by atoms with E-state index in [1.807, 2.05) is 25.1 Å². The summed E-state index contributed by atoms with van der Waals surface area (Å²) in [4.78, 5) is 14.9. The molecular weight excluding hydrogens is 178 g/mol. The molecule has 1 aromatic carbocycles. The third kappa shape index (κ3) is 1.23. The SMILES string of the molecule is Cc1ncc(C(=O)O)c2ccccc12. The van der Waals surface area contributed by atoms with Crippen molar-refractivity contribution in [2.45, 2.75) is 6.92 Å². The van der Waals surface area contributed by atoms with Crippen LogP contribution in [0.4, 0.5) is 0 Å². The van der Waals surface area contributed by atoms with Gasteiger partial charge in [0.15, 0.2) is 0 Å². The molecule has 0 aliphatic rings. The Balaban J connectivity index is 2.88. The Labute approximate surface area is 81.0 Å². The van der Waals surface area contributed by atoms with E-state index < -0.39 is 5.97 Å². The summed E-state index contributed by atoms with van der Waals surface area (Å²) in [6.07, 6.45) is 1.40. The number of pyridine rings is 1. The van der Waals surface area contributed by atoms with Gasteiger partial charge in [0.2, 0.25) is 0 Å². The summed E-state index contributed by atoms with van der Waals surface area (Å²) in [7, 11) is 0. The molecule has 0 aliphatic heterocycles. The first kappa shape index (κ1) is 8.69. The van der Waals surface area contributed by atoms with E-state index in [1.54, 1.807) is 6.07 Å². The number of hydrogen-bond donors (Lipinski definition) is 1. The van der Waals surface area contributed by atoms with Crippen molar-refractivity contribution < 1.29 is 9.90 Å². The van der Waals surface area contributed by atoms with Crippen LogP contribution in [0.3, 0.4) is 0 Å². The van der Waals surface area contributed by atoms with Crippen molar-refractivity contribution in [3.63, 3.8) is 0 Å². The second-order valence-electron chi connectivity index (χ2n) is 3.11. The first-order valence-electron chi connectivity index (χ1n) is 4.28. The molecule has 0 aliphatic carbocycles. The van der Waals surface area contributed by atoms with E-state index in [0.717, 1.165) is 16.5 Å². The van der Waals surface area contributed by atoms with E-state index in [-0.39, 0.29) is 5.56 Å². The minimum absolute atomic E-state index is 0.256. The Morgan fingerprint density at radius 2 is 1.93 bits per heavy atom. The molecule has 0 spiro atoms. The van der Waals surface area contributed by atoms with Crippen molar-refractivity contribution in [3.05, 3.63) is 41.7 Å². The molecule has 14 heavy (non-hydrogen) atoms. The highest BCUT2D eigenvalue weighted by Gasteiger charge is 2.09. The second-order valence-corrected chi connectivity index (χ2v) is 3.11. The minimum atomic E-state index is -0.936. The van der Waals surface area contributed by atoms with Crippen LogP contribution in [0.1, 0.15) is 16.1 Å². The summed E-state index contributed by atoms with van der Waals surface area (Å²) in [5.74, 6) is -0.936. The number of fused-ring (bicyclic) bond motifs is 1. The Bertz CT molecular complexity index is 506. The van der Waals surface area contributed by atoms with E-state index >= 15 is 0 Å². The second kappa shape index (κ2) is 3.10. The summed E-state index contributed by atoms with van der Waals surface area (Å²) in [5, 5.41) is 10.6. The fourth-order valence-electron chi connectivity index (χ4n) is 1.50. The highest BCUT2D eigenvalue weighted by atomic mass is 16.4. The lowest BCUT2D eigenvalue weighted by atomic mass is 10.1. The average Bonchev–Trinajstić information content (AvgIpc) is 2.18. The Kier molecular flexibility index (Phi) is 1.93. The van der Waals surface area contributed by atoms with Crippen molar-refractivity contribution in [3.8, 4) is 0 Å². The van der Waals surface area contributed by atoms with Crippen LogP contribution in [0.5, 0.6) is 0 Å². The van der Waals surface area contributed by atoms with Gasteiger partial charge in [0.1, 0.15) is 0 Å². The van der Waals surface area contributed by atoms with Gasteiger partial charge < -0.3 is 5.11 Å². The number of aryl methyl sites for hydroxylation is 1. The molecular formula is C11H9NO2. The summed E-state index contributed by atoms with van der Waals surface area (Å²) in [5.41, 5.74) is 1.11. The zero-order valence-electron chi connectivity index (χ0n) is 7.69. The molecule has 1 N–H and O–H groups in total. The topological polar surface area (TPSA) is 50.2 Å². The quantitative estimate of drug-likeness (QED) is 0.744. The predicted molar refractivity (Wildman–Crippen MR) is 53.4 cm³/mol. The van der Waals surface area contributed by atoms with E-state index in [1.165, 1.54) is 6.20 Å². The molecule has 3 heteroatoms. The Hall–Kier alpha value is -1.90. The van der Waals surface area contributed by atoms with E-state index in [2.05, 4.69) is 4.98 Å². The first-order valence-corrected chi connectivity index (χ1v) is 4.28. The fourth-order valence-corrected chi connectivity index (χ4v) is 1.50. The molecule has 0 radical (unpaired) electrons. The van der Waals surface area contributed by atoms with Gasteiger partial charge >= 0.3 is 5.97 Å². The number of rotatable bonds is 1. The maximum atomic E-state index is 10.9. The third-order valence-electron chi connectivity index (χ3n) is 2.22. The Morgan fingerprint density at radius 3 is 2.57 bits per heavy atom. The maximum Gasteiger partial charge on any atom is 0.337 e. The lowest BCUT2D eigenvalue weighted by Gasteiger charge is -2.03. The van der Waals surface area contributed by atoms with Crippen LogP contribution in [-0.4, -0.2) is 16.1 Å². The fraction of sp³-hybridized carbons (Fsp3) is 0.0909. The molecule has 0 saturated carbocycles. The van der Waals surface area contributed by atoms with E-state index in [4.69, 9.17) is 5.11 Å². The Morgan fingerprint density at radius 1 is 1.29 bits per heavy atom. The van der Waals surface area contributed by atoms with Gasteiger partial charge in [-0.25, -0.2) is 4.79 Å². The lowest BCUT2D eigenvalue weighted by Crippen LogP contribution is -1.99. The number of aromatic nitrogens is 1. The molecule has 0 saturated heterocycles. The van der Waals surface area contributed by atoms with Crippen molar-refractivity contribution in [1.29, 1.82) is 0 Å². The molecule has 0 amide bonds. The van der Waals surface area contributed by atoms with Gasteiger partial charge in [0, 0.05) is 17.3 Å². The van der Waals surface area contributed by atoms with Crippen LogP contribution >= 0.6 is 0 Å². The molecule has 1 aromatic heterocycles. The first-order chi connectivity index (χ1) is 6.70. The summed E-state index contributed by atoms with van der Waals surface area (Å²) in [6, 6.07) is 7.38. The maximum absolute atomic E-state index is 10.9. The van der Waals surface area contributed by atoms with Crippen LogP contribution in [0.2, 0.25) is 0 Å². The summed E-state index contributed by atoms with van der Waals surface area (Å²) >= 11 is 0. The van der Waals surface area contributed by atoms with Gasteiger partial charge in [-0.05, 0) is 12.3 Å². The number of aromatic carboxylic acids is 1. The van der Waals surface area contributed by atoms with Crippen molar-refractivity contribution in [1.82, 2.24) is 4.98 Å². The van der Waals surface area contributed by atoms with Crippen molar-refractivity contribution in [2.75, 3.05) is 0 Å². The zero-order valence-corrected chi connectivity index (χ0v) is 7.69. The lowest BCUT2D eigenvalue weighted by molar-refractivity contribution is 0.0698. The molecule has 2 aromatic rings. The molecule has 0 fully saturated rings. The van der Waals surface area contributed by atoms with Crippen LogP contribution in [0.15, 0.2) is 30.5 Å². The van der Waals surface area contributed by atoms with Crippen LogP contribution < -0.4 is 0 Å². The number of carbonyl (C=O) groups is 1. The van der Waals surface area contributed by atoms with E-state index in [0.29, 0.717) is 0 Å². The van der Waals surface area contributed by atoms with Crippen LogP contribution in [0, 0.1) is 6.92 Å². The van der Waals surface area contributed by atoms with Crippen LogP contribution in [0.25, 0.3) is 10.8 Å². The van der Waals surface area contributed by atoms with Gasteiger partial charge in [0.25, 0.3) is 0 Å². The average molecular weight is 187 g/mol. The summed E-state index contributed by atoms with van der Waals surface area (Å²) in [6.45, 7) is 1.87. The number of carboxylic acids is 1. The molecule has 2 rings (SSSR count). The van der Waals surface area contributed by atoms with Gasteiger partial charge in [-0.1, -0.05) is 24.3 Å². The standard InChI is InChI=1S/C11H9NO2/c1-7-8-4-2-3-5-9(8)10(6-12-7)11(13)14/h2-6H,1H3,(H,13,14). The van der Waals surface area contributed by atoms with Crippen molar-refractivity contribution in [2.24, 2.45) is 0 Å².